The first kappa shape index (κ1) is 17.2. The van der Waals surface area contributed by atoms with E-state index in [0.29, 0.717) is 22.8 Å². The van der Waals surface area contributed by atoms with E-state index in [4.69, 9.17) is 11.6 Å². The van der Waals surface area contributed by atoms with Crippen LogP contribution in [0.3, 0.4) is 0 Å². The van der Waals surface area contributed by atoms with Crippen molar-refractivity contribution < 1.29 is 9.59 Å². The zero-order valence-corrected chi connectivity index (χ0v) is 13.9. The SMILES string of the molecule is CC(=O)c1ccccc1NC(=O)CN(C)Cc1ccccc1Cl. The lowest BCUT2D eigenvalue weighted by atomic mass is 10.1. The molecule has 0 atom stereocenters. The first-order chi connectivity index (χ1) is 11.0. The van der Waals surface area contributed by atoms with Crippen LogP contribution in [0.15, 0.2) is 48.5 Å². The molecular formula is C18H19ClN2O2. The Hall–Kier alpha value is -2.17. The Balaban J connectivity index is 1.97. The van der Waals surface area contributed by atoms with Gasteiger partial charge in [-0.2, -0.15) is 0 Å². The highest BCUT2D eigenvalue weighted by Gasteiger charge is 2.12. The summed E-state index contributed by atoms with van der Waals surface area (Å²) in [7, 11) is 1.85. The molecule has 0 fully saturated rings. The fraction of sp³-hybridized carbons (Fsp3) is 0.222. The van der Waals surface area contributed by atoms with Crippen molar-refractivity contribution in [3.63, 3.8) is 0 Å². The van der Waals surface area contributed by atoms with Crippen LogP contribution in [0.1, 0.15) is 22.8 Å². The standard InChI is InChI=1S/C18H19ClN2O2/c1-13(22)15-8-4-6-10-17(15)20-18(23)12-21(2)11-14-7-3-5-9-16(14)19/h3-10H,11-12H2,1-2H3,(H,20,23). The average Bonchev–Trinajstić information content (AvgIpc) is 2.49. The third-order valence-electron chi connectivity index (χ3n) is 3.39. The maximum absolute atomic E-state index is 12.2. The van der Waals surface area contributed by atoms with Gasteiger partial charge < -0.3 is 5.32 Å². The van der Waals surface area contributed by atoms with E-state index < -0.39 is 0 Å². The summed E-state index contributed by atoms with van der Waals surface area (Å²) < 4.78 is 0. The van der Waals surface area contributed by atoms with Crippen LogP contribution in [0, 0.1) is 0 Å². The van der Waals surface area contributed by atoms with Crippen LogP contribution >= 0.6 is 11.6 Å². The van der Waals surface area contributed by atoms with Crippen molar-refractivity contribution in [3.05, 3.63) is 64.7 Å². The molecule has 0 aliphatic heterocycles. The van der Waals surface area contributed by atoms with E-state index in [-0.39, 0.29) is 18.2 Å². The number of para-hydroxylation sites is 1. The van der Waals surface area contributed by atoms with Crippen molar-refractivity contribution >= 4 is 29.0 Å². The van der Waals surface area contributed by atoms with Crippen LogP contribution in [0.4, 0.5) is 5.69 Å². The number of ketones is 1. The second-order valence-electron chi connectivity index (χ2n) is 5.41. The summed E-state index contributed by atoms with van der Waals surface area (Å²) in [6.45, 7) is 2.26. The predicted molar refractivity (Wildman–Crippen MR) is 92.9 cm³/mol. The van der Waals surface area contributed by atoms with Gasteiger partial charge in [0.2, 0.25) is 5.91 Å². The van der Waals surface area contributed by atoms with Gasteiger partial charge in [0.1, 0.15) is 0 Å². The van der Waals surface area contributed by atoms with E-state index in [1.54, 1.807) is 24.3 Å². The number of anilines is 1. The summed E-state index contributed by atoms with van der Waals surface area (Å²) in [5, 5.41) is 3.47. The van der Waals surface area contributed by atoms with Crippen molar-refractivity contribution in [3.8, 4) is 0 Å². The van der Waals surface area contributed by atoms with Gasteiger partial charge in [0.15, 0.2) is 5.78 Å². The number of nitrogens with zero attached hydrogens (tertiary/aromatic N) is 1. The molecule has 2 aromatic rings. The zero-order chi connectivity index (χ0) is 16.8. The van der Waals surface area contributed by atoms with Crippen molar-refractivity contribution in [2.45, 2.75) is 13.5 Å². The number of hydrogen-bond acceptors (Lipinski definition) is 3. The Kier molecular flexibility index (Phi) is 5.90. The molecule has 0 saturated heterocycles. The van der Waals surface area contributed by atoms with E-state index in [9.17, 15) is 9.59 Å². The van der Waals surface area contributed by atoms with Gasteiger partial charge in [0, 0.05) is 17.1 Å². The normalized spacial score (nSPS) is 10.6. The average molecular weight is 331 g/mol. The molecule has 0 heterocycles. The number of likely N-dealkylation sites (N-methyl/N-ethyl adjacent to an activating group) is 1. The number of hydrogen-bond donors (Lipinski definition) is 1. The molecule has 1 N–H and O–H groups in total. The molecule has 2 aromatic carbocycles. The van der Waals surface area contributed by atoms with Gasteiger partial charge in [0.25, 0.3) is 0 Å². The largest absolute Gasteiger partial charge is 0.324 e. The minimum absolute atomic E-state index is 0.0784. The van der Waals surface area contributed by atoms with Crippen LogP contribution < -0.4 is 5.32 Å². The molecule has 0 radical (unpaired) electrons. The molecule has 0 unspecified atom stereocenters. The number of halogens is 1. The summed E-state index contributed by atoms with van der Waals surface area (Å²) in [6.07, 6.45) is 0. The van der Waals surface area contributed by atoms with E-state index >= 15 is 0 Å². The van der Waals surface area contributed by atoms with Crippen LogP contribution in [0.25, 0.3) is 0 Å². The first-order valence-corrected chi connectivity index (χ1v) is 7.67. The summed E-state index contributed by atoms with van der Waals surface area (Å²) in [5.74, 6) is -0.251. The van der Waals surface area contributed by atoms with Crippen molar-refractivity contribution in [1.29, 1.82) is 0 Å². The molecule has 120 valence electrons. The third-order valence-corrected chi connectivity index (χ3v) is 3.76. The highest BCUT2D eigenvalue weighted by atomic mass is 35.5. The van der Waals surface area contributed by atoms with Gasteiger partial charge in [-0.3, -0.25) is 14.5 Å². The van der Waals surface area contributed by atoms with Crippen LogP contribution in [0.2, 0.25) is 5.02 Å². The lowest BCUT2D eigenvalue weighted by Gasteiger charge is -2.17. The molecule has 0 aliphatic rings. The Morgan fingerprint density at radius 3 is 2.43 bits per heavy atom. The molecule has 0 spiro atoms. The minimum Gasteiger partial charge on any atom is -0.324 e. The fourth-order valence-electron chi connectivity index (χ4n) is 2.31. The van der Waals surface area contributed by atoms with Crippen LogP contribution in [-0.4, -0.2) is 30.2 Å². The number of amides is 1. The van der Waals surface area contributed by atoms with Crippen molar-refractivity contribution in [2.75, 3.05) is 18.9 Å². The summed E-state index contributed by atoms with van der Waals surface area (Å²) in [4.78, 5) is 25.6. The van der Waals surface area contributed by atoms with Crippen LogP contribution in [-0.2, 0) is 11.3 Å². The van der Waals surface area contributed by atoms with Crippen LogP contribution in [0.5, 0.6) is 0 Å². The predicted octanol–water partition coefficient (Wildman–Crippen LogP) is 3.61. The van der Waals surface area contributed by atoms with Gasteiger partial charge in [0.05, 0.1) is 12.2 Å². The number of carbonyl (C=O) groups is 2. The quantitative estimate of drug-likeness (QED) is 0.823. The monoisotopic (exact) mass is 330 g/mol. The summed E-state index contributed by atoms with van der Waals surface area (Å²) >= 11 is 6.13. The Morgan fingerprint density at radius 1 is 1.09 bits per heavy atom. The second-order valence-corrected chi connectivity index (χ2v) is 5.82. The maximum Gasteiger partial charge on any atom is 0.238 e. The van der Waals surface area contributed by atoms with E-state index in [0.717, 1.165) is 5.56 Å². The molecular weight excluding hydrogens is 312 g/mol. The lowest BCUT2D eigenvalue weighted by molar-refractivity contribution is -0.117. The van der Waals surface area contributed by atoms with Gasteiger partial charge >= 0.3 is 0 Å². The second kappa shape index (κ2) is 7.90. The fourth-order valence-corrected chi connectivity index (χ4v) is 2.50. The molecule has 1 amide bonds. The molecule has 2 rings (SSSR count). The molecule has 23 heavy (non-hydrogen) atoms. The van der Waals surface area contributed by atoms with Gasteiger partial charge in [-0.1, -0.05) is 41.9 Å². The van der Waals surface area contributed by atoms with Gasteiger partial charge in [-0.05, 0) is 37.7 Å². The number of rotatable bonds is 6. The topological polar surface area (TPSA) is 49.4 Å². The Morgan fingerprint density at radius 2 is 1.74 bits per heavy atom. The summed E-state index contributed by atoms with van der Waals surface area (Å²) in [6, 6.07) is 14.5. The van der Waals surface area contributed by atoms with E-state index in [1.807, 2.05) is 36.2 Å². The summed E-state index contributed by atoms with van der Waals surface area (Å²) in [5.41, 5.74) is 2.01. The Labute approximate surface area is 141 Å². The van der Waals surface area contributed by atoms with Crippen molar-refractivity contribution in [1.82, 2.24) is 4.90 Å². The first-order valence-electron chi connectivity index (χ1n) is 7.29. The molecule has 0 aliphatic carbocycles. The maximum atomic E-state index is 12.2. The molecule has 5 heteroatoms. The zero-order valence-electron chi connectivity index (χ0n) is 13.2. The molecule has 4 nitrogen and oxygen atoms in total. The Bertz CT molecular complexity index is 716. The highest BCUT2D eigenvalue weighted by molar-refractivity contribution is 6.31. The number of Topliss-reactive ketones (excluding diaryl/α,β-unsaturated/α-hetero) is 1. The third kappa shape index (κ3) is 4.91. The van der Waals surface area contributed by atoms with Gasteiger partial charge in [-0.25, -0.2) is 0 Å². The minimum atomic E-state index is -0.173. The number of nitrogens with one attached hydrogen (secondary N) is 1. The van der Waals surface area contributed by atoms with E-state index in [1.165, 1.54) is 6.92 Å². The molecule has 0 aromatic heterocycles. The number of benzene rings is 2. The number of carbonyl (C=O) groups excluding carboxylic acids is 2. The molecule has 0 saturated carbocycles. The van der Waals surface area contributed by atoms with E-state index in [2.05, 4.69) is 5.32 Å². The smallest absolute Gasteiger partial charge is 0.238 e. The van der Waals surface area contributed by atoms with Crippen molar-refractivity contribution in [2.24, 2.45) is 0 Å². The molecule has 0 bridgehead atoms. The highest BCUT2D eigenvalue weighted by Crippen LogP contribution is 2.17. The lowest BCUT2D eigenvalue weighted by Crippen LogP contribution is -2.30. The van der Waals surface area contributed by atoms with Gasteiger partial charge in [-0.15, -0.1) is 0 Å².